The molecule has 1 aromatic carbocycles. The lowest BCUT2D eigenvalue weighted by Crippen LogP contribution is -2.21. The van der Waals surface area contributed by atoms with Gasteiger partial charge in [-0.3, -0.25) is 0 Å². The Morgan fingerprint density at radius 3 is 2.79 bits per heavy atom. The zero-order valence-electron chi connectivity index (χ0n) is 10.9. The Kier molecular flexibility index (Phi) is 4.85. The highest BCUT2D eigenvalue weighted by molar-refractivity contribution is 7.99. The van der Waals surface area contributed by atoms with Crippen LogP contribution in [0.2, 0.25) is 5.02 Å². The first-order valence-corrected chi connectivity index (χ1v) is 7.30. The molecular weight excluding hydrogens is 282 g/mol. The predicted octanol–water partition coefficient (Wildman–Crippen LogP) is 3.46. The normalized spacial score (nSPS) is 12.6. The molecule has 102 valence electrons. The third-order valence-electron chi connectivity index (χ3n) is 2.72. The van der Waals surface area contributed by atoms with Gasteiger partial charge >= 0.3 is 0 Å². The molecule has 0 saturated carbocycles. The van der Waals surface area contributed by atoms with E-state index in [1.807, 2.05) is 18.2 Å². The second kappa shape index (κ2) is 6.41. The van der Waals surface area contributed by atoms with E-state index in [0.29, 0.717) is 16.1 Å². The fraction of sp³-hybridized carbons (Fsp3) is 0.385. The van der Waals surface area contributed by atoms with E-state index >= 15 is 0 Å². The molecule has 19 heavy (non-hydrogen) atoms. The first kappa shape index (κ1) is 14.4. The van der Waals surface area contributed by atoms with E-state index in [1.54, 1.807) is 6.92 Å². The van der Waals surface area contributed by atoms with Crippen molar-refractivity contribution in [2.24, 2.45) is 5.73 Å². The van der Waals surface area contributed by atoms with Gasteiger partial charge in [0.1, 0.15) is 0 Å². The van der Waals surface area contributed by atoms with Crippen LogP contribution >= 0.6 is 23.4 Å². The van der Waals surface area contributed by atoms with Crippen LogP contribution in [0.25, 0.3) is 0 Å². The molecule has 0 aliphatic carbocycles. The molecule has 0 radical (unpaired) electrons. The molecule has 0 fully saturated rings. The summed E-state index contributed by atoms with van der Waals surface area (Å²) in [6.45, 7) is 3.84. The van der Waals surface area contributed by atoms with Crippen LogP contribution in [0.4, 0.5) is 0 Å². The number of rotatable bonds is 5. The SMILES string of the molecule is CCC(N)Cc1ccc(Sc2nnc(C)o2)c(Cl)c1. The molecule has 1 unspecified atom stereocenters. The van der Waals surface area contributed by atoms with Gasteiger partial charge in [-0.05, 0) is 42.3 Å². The second-order valence-electron chi connectivity index (χ2n) is 4.33. The zero-order chi connectivity index (χ0) is 13.8. The van der Waals surface area contributed by atoms with Gasteiger partial charge in [-0.2, -0.15) is 0 Å². The average molecular weight is 298 g/mol. The van der Waals surface area contributed by atoms with Crippen LogP contribution in [-0.2, 0) is 6.42 Å². The third-order valence-corrected chi connectivity index (χ3v) is 4.06. The number of aromatic nitrogens is 2. The van der Waals surface area contributed by atoms with Gasteiger partial charge in [-0.15, -0.1) is 10.2 Å². The molecule has 0 bridgehead atoms. The number of halogens is 1. The van der Waals surface area contributed by atoms with Crippen molar-refractivity contribution in [2.45, 2.75) is 42.8 Å². The van der Waals surface area contributed by atoms with Gasteiger partial charge in [0, 0.05) is 17.9 Å². The smallest absolute Gasteiger partial charge is 0.281 e. The highest BCUT2D eigenvalue weighted by Crippen LogP contribution is 2.33. The first-order valence-electron chi connectivity index (χ1n) is 6.10. The quantitative estimate of drug-likeness (QED) is 0.915. The maximum Gasteiger partial charge on any atom is 0.281 e. The number of nitrogens with zero attached hydrogens (tertiary/aromatic N) is 2. The lowest BCUT2D eigenvalue weighted by molar-refractivity contribution is 0.429. The molecular formula is C13H16ClN3OS. The standard InChI is InChI=1S/C13H16ClN3OS/c1-3-10(15)6-9-4-5-12(11(14)7-9)19-13-17-16-8(2)18-13/h4-5,7,10H,3,6,15H2,1-2H3. The van der Waals surface area contributed by atoms with E-state index in [1.165, 1.54) is 11.8 Å². The van der Waals surface area contributed by atoms with Crippen molar-refractivity contribution >= 4 is 23.4 Å². The summed E-state index contributed by atoms with van der Waals surface area (Å²) in [5.74, 6) is 0.546. The number of aryl methyl sites for hydroxylation is 1. The fourth-order valence-electron chi connectivity index (χ4n) is 1.61. The highest BCUT2D eigenvalue weighted by Gasteiger charge is 2.10. The Hall–Kier alpha value is -1.04. The van der Waals surface area contributed by atoms with Crippen LogP contribution in [0.3, 0.4) is 0 Å². The van der Waals surface area contributed by atoms with Crippen molar-refractivity contribution in [1.82, 2.24) is 10.2 Å². The van der Waals surface area contributed by atoms with E-state index in [4.69, 9.17) is 21.8 Å². The summed E-state index contributed by atoms with van der Waals surface area (Å²) < 4.78 is 5.32. The second-order valence-corrected chi connectivity index (χ2v) is 5.73. The largest absolute Gasteiger partial charge is 0.416 e. The van der Waals surface area contributed by atoms with Gasteiger partial charge in [0.15, 0.2) is 0 Å². The summed E-state index contributed by atoms with van der Waals surface area (Å²) in [6.07, 6.45) is 1.79. The molecule has 0 aliphatic rings. The summed E-state index contributed by atoms with van der Waals surface area (Å²) in [5, 5.41) is 8.90. The minimum atomic E-state index is 0.174. The summed E-state index contributed by atoms with van der Waals surface area (Å²) in [6, 6.07) is 6.12. The summed E-state index contributed by atoms with van der Waals surface area (Å²) in [7, 11) is 0. The van der Waals surface area contributed by atoms with E-state index in [-0.39, 0.29) is 6.04 Å². The van der Waals surface area contributed by atoms with E-state index < -0.39 is 0 Å². The Morgan fingerprint density at radius 2 is 2.21 bits per heavy atom. The molecule has 1 aromatic heterocycles. The van der Waals surface area contributed by atoms with Crippen molar-refractivity contribution in [3.63, 3.8) is 0 Å². The van der Waals surface area contributed by atoms with Gasteiger partial charge in [-0.1, -0.05) is 24.6 Å². The van der Waals surface area contributed by atoms with Crippen LogP contribution in [0.15, 0.2) is 32.7 Å². The van der Waals surface area contributed by atoms with Gasteiger partial charge in [0.25, 0.3) is 5.22 Å². The zero-order valence-corrected chi connectivity index (χ0v) is 12.5. The fourth-order valence-corrected chi connectivity index (χ4v) is 2.66. The predicted molar refractivity (Wildman–Crippen MR) is 76.6 cm³/mol. The van der Waals surface area contributed by atoms with Crippen molar-refractivity contribution < 1.29 is 4.42 Å². The Labute approximate surface area is 121 Å². The van der Waals surface area contributed by atoms with Gasteiger partial charge in [0.2, 0.25) is 5.89 Å². The maximum absolute atomic E-state index is 6.26. The molecule has 6 heteroatoms. The van der Waals surface area contributed by atoms with Crippen LogP contribution in [-0.4, -0.2) is 16.2 Å². The van der Waals surface area contributed by atoms with Crippen molar-refractivity contribution in [3.05, 3.63) is 34.7 Å². The summed E-state index contributed by atoms with van der Waals surface area (Å²) in [4.78, 5) is 0.902. The molecule has 2 rings (SSSR count). The molecule has 1 heterocycles. The van der Waals surface area contributed by atoms with Gasteiger partial charge in [-0.25, -0.2) is 0 Å². The first-order chi connectivity index (χ1) is 9.08. The molecule has 0 aliphatic heterocycles. The maximum atomic E-state index is 6.26. The van der Waals surface area contributed by atoms with Gasteiger partial charge < -0.3 is 10.2 Å². The van der Waals surface area contributed by atoms with Gasteiger partial charge in [0.05, 0.1) is 5.02 Å². The van der Waals surface area contributed by atoms with Crippen LogP contribution in [0.5, 0.6) is 0 Å². The topological polar surface area (TPSA) is 64.9 Å². The van der Waals surface area contributed by atoms with Crippen molar-refractivity contribution in [2.75, 3.05) is 0 Å². The molecule has 2 N–H and O–H groups in total. The molecule has 0 saturated heterocycles. The molecule has 2 aromatic rings. The molecule has 4 nitrogen and oxygen atoms in total. The lowest BCUT2D eigenvalue weighted by Gasteiger charge is -2.10. The van der Waals surface area contributed by atoms with Crippen LogP contribution < -0.4 is 5.73 Å². The number of nitrogens with two attached hydrogens (primary N) is 1. The lowest BCUT2D eigenvalue weighted by atomic mass is 10.1. The molecule has 1 atom stereocenters. The Balaban J connectivity index is 2.10. The third kappa shape index (κ3) is 3.96. The van der Waals surface area contributed by atoms with E-state index in [9.17, 15) is 0 Å². The number of hydrogen-bond acceptors (Lipinski definition) is 5. The number of benzene rings is 1. The van der Waals surface area contributed by atoms with E-state index in [2.05, 4.69) is 17.1 Å². The Morgan fingerprint density at radius 1 is 1.42 bits per heavy atom. The monoisotopic (exact) mass is 297 g/mol. The van der Waals surface area contributed by atoms with Crippen molar-refractivity contribution in [1.29, 1.82) is 0 Å². The molecule has 0 amide bonds. The molecule has 0 spiro atoms. The van der Waals surface area contributed by atoms with E-state index in [0.717, 1.165) is 23.3 Å². The van der Waals surface area contributed by atoms with Crippen LogP contribution in [0.1, 0.15) is 24.8 Å². The summed E-state index contributed by atoms with van der Waals surface area (Å²) >= 11 is 7.63. The average Bonchev–Trinajstić information content (AvgIpc) is 2.78. The number of hydrogen-bond donors (Lipinski definition) is 1. The highest BCUT2D eigenvalue weighted by atomic mass is 35.5. The van der Waals surface area contributed by atoms with Crippen LogP contribution in [0, 0.1) is 6.92 Å². The minimum Gasteiger partial charge on any atom is -0.416 e. The minimum absolute atomic E-state index is 0.174. The van der Waals surface area contributed by atoms with Crippen molar-refractivity contribution in [3.8, 4) is 0 Å². The summed E-state index contributed by atoms with van der Waals surface area (Å²) in [5.41, 5.74) is 7.08. The Bertz CT molecular complexity index is 559.